The van der Waals surface area contributed by atoms with Gasteiger partial charge in [-0.15, -0.1) is 0 Å². The van der Waals surface area contributed by atoms with E-state index < -0.39 is 18.2 Å². The van der Waals surface area contributed by atoms with Crippen molar-refractivity contribution in [2.75, 3.05) is 12.3 Å². The lowest BCUT2D eigenvalue weighted by Crippen LogP contribution is -2.30. The van der Waals surface area contributed by atoms with Crippen LogP contribution in [-0.4, -0.2) is 48.7 Å². The van der Waals surface area contributed by atoms with Gasteiger partial charge in [-0.1, -0.05) is 6.08 Å². The maximum Gasteiger partial charge on any atom is 0.162 e. The van der Waals surface area contributed by atoms with Crippen molar-refractivity contribution in [1.82, 2.24) is 14.5 Å². The van der Waals surface area contributed by atoms with Crippen molar-refractivity contribution in [3.8, 4) is 0 Å². The van der Waals surface area contributed by atoms with E-state index in [9.17, 15) is 10.2 Å². The molecule has 3 rings (SSSR count). The number of anilines is 1. The first kappa shape index (κ1) is 12.1. The quantitative estimate of drug-likeness (QED) is 0.527. The topological polar surface area (TPSA) is 117 Å². The van der Waals surface area contributed by atoms with Crippen molar-refractivity contribution in [1.29, 1.82) is 0 Å². The molecule has 19 heavy (non-hydrogen) atoms. The Balaban J connectivity index is 2.11. The Labute approximate surface area is 108 Å². The number of aromatic nitrogens is 3. The van der Waals surface area contributed by atoms with E-state index in [1.165, 1.54) is 6.33 Å². The molecule has 0 radical (unpaired) electrons. The van der Waals surface area contributed by atoms with Gasteiger partial charge in [0.15, 0.2) is 5.65 Å². The number of nitrogens with two attached hydrogens (primary N) is 1. The zero-order valence-electron chi connectivity index (χ0n) is 10.0. The minimum absolute atomic E-state index is 0.295. The molecule has 1 aliphatic carbocycles. The van der Waals surface area contributed by atoms with Crippen molar-refractivity contribution >= 4 is 16.9 Å². The van der Waals surface area contributed by atoms with E-state index >= 15 is 0 Å². The van der Waals surface area contributed by atoms with Gasteiger partial charge in [-0.3, -0.25) is 0 Å². The van der Waals surface area contributed by atoms with Crippen molar-refractivity contribution in [3.63, 3.8) is 0 Å². The van der Waals surface area contributed by atoms with Crippen molar-refractivity contribution in [2.45, 2.75) is 18.2 Å². The van der Waals surface area contributed by atoms with Gasteiger partial charge in [-0.25, -0.2) is 9.97 Å². The smallest absolute Gasteiger partial charge is 0.162 e. The summed E-state index contributed by atoms with van der Waals surface area (Å²) in [5.74, 6) is 0. The normalized spacial score (nSPS) is 26.9. The van der Waals surface area contributed by atoms with Gasteiger partial charge in [-0.05, 0) is 11.6 Å². The summed E-state index contributed by atoms with van der Waals surface area (Å²) < 4.78 is 1.64. The summed E-state index contributed by atoms with van der Waals surface area (Å²) in [4.78, 5) is 8.36. The first-order valence-corrected chi connectivity index (χ1v) is 5.88. The Hall–Kier alpha value is -1.96. The van der Waals surface area contributed by atoms with Gasteiger partial charge in [0.2, 0.25) is 0 Å². The second-order valence-corrected chi connectivity index (χ2v) is 4.55. The molecule has 2 aromatic heterocycles. The molecule has 0 amide bonds. The van der Waals surface area contributed by atoms with Gasteiger partial charge >= 0.3 is 0 Å². The van der Waals surface area contributed by atoms with Gasteiger partial charge in [-0.2, -0.15) is 0 Å². The standard InChI is InChI=1S/C12H14N4O3/c13-7-1-2-14-12-9(7)15-5-16(12)8-3-6(4-17)10(18)11(8)19/h1-3,5,8,10-11,17-19H,4H2,(H2,13,14)/t8-,10-,11+/m1/s1. The van der Waals surface area contributed by atoms with Gasteiger partial charge in [0.1, 0.15) is 17.7 Å². The molecule has 0 fully saturated rings. The predicted molar refractivity (Wildman–Crippen MR) is 68.2 cm³/mol. The third-order valence-electron chi connectivity index (χ3n) is 3.43. The number of aliphatic hydroxyl groups excluding tert-OH is 3. The van der Waals surface area contributed by atoms with Crippen LogP contribution in [0, 0.1) is 0 Å². The highest BCUT2D eigenvalue weighted by Crippen LogP contribution is 2.31. The Bertz CT molecular complexity index is 651. The number of imidazole rings is 1. The van der Waals surface area contributed by atoms with E-state index in [-0.39, 0.29) is 6.61 Å². The molecule has 3 atom stereocenters. The Kier molecular flexibility index (Phi) is 2.74. The second kappa shape index (κ2) is 4.30. The first-order valence-electron chi connectivity index (χ1n) is 5.88. The first-order chi connectivity index (χ1) is 9.13. The molecular weight excluding hydrogens is 248 g/mol. The molecule has 100 valence electrons. The fourth-order valence-corrected chi connectivity index (χ4v) is 2.39. The lowest BCUT2D eigenvalue weighted by molar-refractivity contribution is 0.0287. The molecule has 7 heteroatoms. The van der Waals surface area contributed by atoms with Crippen LogP contribution in [0.4, 0.5) is 5.69 Å². The number of pyridine rings is 1. The van der Waals surface area contributed by atoms with Crippen molar-refractivity contribution in [2.24, 2.45) is 0 Å². The zero-order chi connectivity index (χ0) is 13.6. The number of nitrogen functional groups attached to an aromatic ring is 1. The minimum Gasteiger partial charge on any atom is -0.397 e. The molecule has 0 saturated heterocycles. The average Bonchev–Trinajstić information content (AvgIpc) is 2.94. The molecule has 5 N–H and O–H groups in total. The molecular formula is C12H14N4O3. The molecule has 0 aromatic carbocycles. The van der Waals surface area contributed by atoms with E-state index in [2.05, 4.69) is 9.97 Å². The molecule has 2 aromatic rings. The van der Waals surface area contributed by atoms with Crippen LogP contribution in [0.5, 0.6) is 0 Å². The van der Waals surface area contributed by atoms with Crippen molar-refractivity contribution in [3.05, 3.63) is 30.2 Å². The number of nitrogens with zero attached hydrogens (tertiary/aromatic N) is 3. The lowest BCUT2D eigenvalue weighted by Gasteiger charge is -2.18. The summed E-state index contributed by atoms with van der Waals surface area (Å²) in [5, 5.41) is 29.0. The molecule has 0 spiro atoms. The Morgan fingerprint density at radius 1 is 1.32 bits per heavy atom. The third-order valence-corrected chi connectivity index (χ3v) is 3.43. The Morgan fingerprint density at radius 2 is 2.11 bits per heavy atom. The minimum atomic E-state index is -1.08. The second-order valence-electron chi connectivity index (χ2n) is 4.55. The Morgan fingerprint density at radius 3 is 2.79 bits per heavy atom. The predicted octanol–water partition coefficient (Wildman–Crippen LogP) is -0.791. The van der Waals surface area contributed by atoms with E-state index in [1.54, 1.807) is 22.9 Å². The summed E-state index contributed by atoms with van der Waals surface area (Å²) in [6.07, 6.45) is 2.59. The maximum absolute atomic E-state index is 10.0. The van der Waals surface area contributed by atoms with E-state index in [1.807, 2.05) is 0 Å². The SMILES string of the molecule is Nc1ccnc2c1ncn2[C@@H]1C=C(CO)[C@@H](O)[C@H]1O. The largest absolute Gasteiger partial charge is 0.397 e. The maximum atomic E-state index is 10.0. The number of rotatable bonds is 2. The molecule has 0 unspecified atom stereocenters. The molecule has 0 aliphatic heterocycles. The number of hydrogen-bond acceptors (Lipinski definition) is 6. The van der Waals surface area contributed by atoms with Gasteiger partial charge in [0.05, 0.1) is 24.7 Å². The van der Waals surface area contributed by atoms with Crippen LogP contribution >= 0.6 is 0 Å². The molecule has 2 heterocycles. The zero-order valence-corrected chi connectivity index (χ0v) is 10.0. The fraction of sp³-hybridized carbons (Fsp3) is 0.333. The van der Waals surface area contributed by atoms with Crippen LogP contribution in [0.2, 0.25) is 0 Å². The fourth-order valence-electron chi connectivity index (χ4n) is 2.39. The number of fused-ring (bicyclic) bond motifs is 1. The van der Waals surface area contributed by atoms with Crippen LogP contribution in [0.3, 0.4) is 0 Å². The molecule has 0 bridgehead atoms. The van der Waals surface area contributed by atoms with Crippen molar-refractivity contribution < 1.29 is 15.3 Å². The average molecular weight is 262 g/mol. The molecule has 7 nitrogen and oxygen atoms in total. The van der Waals surface area contributed by atoms with Crippen LogP contribution in [0.1, 0.15) is 6.04 Å². The molecule has 0 saturated carbocycles. The van der Waals surface area contributed by atoms with Gasteiger partial charge in [0.25, 0.3) is 0 Å². The summed E-state index contributed by atoms with van der Waals surface area (Å²) in [5.41, 5.74) is 7.78. The molecule has 1 aliphatic rings. The summed E-state index contributed by atoms with van der Waals surface area (Å²) >= 11 is 0. The van der Waals surface area contributed by atoms with E-state index in [0.717, 1.165) is 0 Å². The van der Waals surface area contributed by atoms with E-state index in [0.29, 0.717) is 22.4 Å². The summed E-state index contributed by atoms with van der Waals surface area (Å²) in [6, 6.07) is 1.13. The summed E-state index contributed by atoms with van der Waals surface area (Å²) in [7, 11) is 0. The van der Waals surface area contributed by atoms with Crippen LogP contribution in [0.15, 0.2) is 30.2 Å². The highest BCUT2D eigenvalue weighted by Gasteiger charge is 2.36. The lowest BCUT2D eigenvalue weighted by atomic mass is 10.1. The van der Waals surface area contributed by atoms with Gasteiger partial charge < -0.3 is 25.6 Å². The monoisotopic (exact) mass is 262 g/mol. The van der Waals surface area contributed by atoms with Crippen LogP contribution in [0.25, 0.3) is 11.2 Å². The highest BCUT2D eigenvalue weighted by atomic mass is 16.3. The number of aliphatic hydroxyl groups is 3. The van der Waals surface area contributed by atoms with E-state index in [4.69, 9.17) is 10.8 Å². The summed E-state index contributed by atoms with van der Waals surface area (Å²) in [6.45, 7) is -0.295. The number of hydrogen-bond donors (Lipinski definition) is 4. The van der Waals surface area contributed by atoms with Crippen LogP contribution < -0.4 is 5.73 Å². The van der Waals surface area contributed by atoms with Crippen LogP contribution in [-0.2, 0) is 0 Å². The highest BCUT2D eigenvalue weighted by molar-refractivity contribution is 5.83. The van der Waals surface area contributed by atoms with Gasteiger partial charge in [0, 0.05) is 6.20 Å². The third kappa shape index (κ3) is 1.71.